The molecule has 7 nitrogen and oxygen atoms in total. The summed E-state index contributed by atoms with van der Waals surface area (Å²) >= 11 is 0. The molecule has 0 spiro atoms. The van der Waals surface area contributed by atoms with Crippen LogP contribution < -0.4 is 15.0 Å². The number of aromatic nitrogens is 2. The van der Waals surface area contributed by atoms with Crippen LogP contribution in [0, 0.1) is 6.92 Å². The first-order valence-corrected chi connectivity index (χ1v) is 11.7. The van der Waals surface area contributed by atoms with Gasteiger partial charge in [-0.25, -0.2) is 4.68 Å². The lowest BCUT2D eigenvalue weighted by Gasteiger charge is -2.36. The third-order valence-electron chi connectivity index (χ3n) is 6.06. The monoisotopic (exact) mass is 447 g/mol. The molecule has 0 unspecified atom stereocenters. The highest BCUT2D eigenvalue weighted by Gasteiger charge is 2.19. The van der Waals surface area contributed by atoms with E-state index < -0.39 is 0 Å². The van der Waals surface area contributed by atoms with Crippen molar-refractivity contribution in [3.8, 4) is 11.4 Å². The van der Waals surface area contributed by atoms with Crippen LogP contribution >= 0.6 is 0 Å². The van der Waals surface area contributed by atoms with Crippen molar-refractivity contribution < 1.29 is 9.53 Å². The average molecular weight is 448 g/mol. The molecule has 0 aliphatic carbocycles. The molecule has 1 fully saturated rings. The zero-order valence-corrected chi connectivity index (χ0v) is 19.5. The van der Waals surface area contributed by atoms with E-state index >= 15 is 0 Å². The fourth-order valence-electron chi connectivity index (χ4n) is 4.18. The first-order chi connectivity index (χ1) is 16.1. The van der Waals surface area contributed by atoms with Crippen molar-refractivity contribution in [1.29, 1.82) is 0 Å². The molecule has 0 saturated carbocycles. The average Bonchev–Trinajstić information content (AvgIpc) is 3.29. The first kappa shape index (κ1) is 22.9. The molecule has 174 valence electrons. The highest BCUT2D eigenvalue weighted by Crippen LogP contribution is 2.20. The van der Waals surface area contributed by atoms with Crippen molar-refractivity contribution in [2.45, 2.75) is 19.8 Å². The van der Waals surface area contributed by atoms with Gasteiger partial charge >= 0.3 is 0 Å². The van der Waals surface area contributed by atoms with Crippen LogP contribution in [0.3, 0.4) is 0 Å². The number of piperazine rings is 1. The summed E-state index contributed by atoms with van der Waals surface area (Å²) < 4.78 is 7.04. The fraction of sp³-hybridized carbons (Fsp3) is 0.385. The van der Waals surface area contributed by atoms with E-state index in [-0.39, 0.29) is 5.91 Å². The number of aryl methyl sites for hydroxylation is 1. The number of carbonyl (C=O) groups excluding carboxylic acids is 1. The first-order valence-electron chi connectivity index (χ1n) is 11.7. The zero-order valence-electron chi connectivity index (χ0n) is 19.5. The van der Waals surface area contributed by atoms with E-state index in [1.54, 1.807) is 18.0 Å². The molecule has 0 bridgehead atoms. The number of unbranched alkanes of at least 4 members (excludes halogenated alkanes) is 1. The minimum Gasteiger partial charge on any atom is -0.493 e. The number of rotatable bonds is 9. The van der Waals surface area contributed by atoms with Gasteiger partial charge in [0.05, 0.1) is 19.0 Å². The highest BCUT2D eigenvalue weighted by molar-refractivity contribution is 5.94. The van der Waals surface area contributed by atoms with Gasteiger partial charge < -0.3 is 15.0 Å². The molecule has 3 aromatic rings. The van der Waals surface area contributed by atoms with Crippen molar-refractivity contribution in [2.24, 2.45) is 0 Å². The Bertz CT molecular complexity index is 1040. The molecule has 1 aromatic heterocycles. The van der Waals surface area contributed by atoms with Crippen LogP contribution in [-0.2, 0) is 0 Å². The summed E-state index contributed by atoms with van der Waals surface area (Å²) in [6.45, 7) is 8.10. The van der Waals surface area contributed by atoms with Crippen LogP contribution in [0.15, 0.2) is 60.8 Å². The summed E-state index contributed by atoms with van der Waals surface area (Å²) in [4.78, 5) is 17.6. The van der Waals surface area contributed by atoms with Crippen LogP contribution in [0.2, 0.25) is 0 Å². The molecule has 1 amide bonds. The van der Waals surface area contributed by atoms with Gasteiger partial charge in [-0.05, 0) is 56.1 Å². The normalized spacial score (nSPS) is 14.3. The standard InChI is InChI=1S/C26H33N5O2/c1-21-9-8-12-23(19-21)30-17-15-29(16-18-30)14-7-6-13-27-26(32)25-24(33-2)20-31(28-25)22-10-4-3-5-11-22/h3-5,8-12,19-20H,6-7,13-18H2,1-2H3,(H,27,32). The second kappa shape index (κ2) is 11.0. The fourth-order valence-corrected chi connectivity index (χ4v) is 4.18. The summed E-state index contributed by atoms with van der Waals surface area (Å²) in [5.41, 5.74) is 3.83. The molecule has 0 radical (unpaired) electrons. The van der Waals surface area contributed by atoms with Crippen molar-refractivity contribution in [3.63, 3.8) is 0 Å². The molecular weight excluding hydrogens is 414 g/mol. The number of hydrogen-bond acceptors (Lipinski definition) is 5. The van der Waals surface area contributed by atoms with Crippen molar-refractivity contribution >= 4 is 11.6 Å². The summed E-state index contributed by atoms with van der Waals surface area (Å²) in [5.74, 6) is 0.274. The van der Waals surface area contributed by atoms with Crippen LogP contribution in [0.25, 0.3) is 5.69 Å². The van der Waals surface area contributed by atoms with Gasteiger partial charge in [-0.1, -0.05) is 30.3 Å². The van der Waals surface area contributed by atoms with Gasteiger partial charge in [0.1, 0.15) is 0 Å². The van der Waals surface area contributed by atoms with Crippen molar-refractivity contribution in [2.75, 3.05) is 51.3 Å². The predicted molar refractivity (Wildman–Crippen MR) is 132 cm³/mol. The second-order valence-electron chi connectivity index (χ2n) is 8.46. The molecule has 2 heterocycles. The lowest BCUT2D eigenvalue weighted by Crippen LogP contribution is -2.46. The maximum Gasteiger partial charge on any atom is 0.275 e. The van der Waals surface area contributed by atoms with Gasteiger partial charge in [-0.15, -0.1) is 0 Å². The number of carbonyl (C=O) groups is 1. The summed E-state index contributed by atoms with van der Waals surface area (Å²) in [6, 6.07) is 18.4. The number of hydrogen-bond donors (Lipinski definition) is 1. The lowest BCUT2D eigenvalue weighted by atomic mass is 10.2. The number of ether oxygens (including phenoxy) is 1. The quantitative estimate of drug-likeness (QED) is 0.509. The Hall–Kier alpha value is -3.32. The Labute approximate surface area is 196 Å². The number of nitrogens with zero attached hydrogens (tertiary/aromatic N) is 4. The summed E-state index contributed by atoms with van der Waals surface area (Å²) in [6.07, 6.45) is 3.73. The smallest absolute Gasteiger partial charge is 0.275 e. The van der Waals surface area contributed by atoms with E-state index in [1.807, 2.05) is 30.3 Å². The molecule has 0 atom stereocenters. The van der Waals surface area contributed by atoms with E-state index in [9.17, 15) is 4.79 Å². The van der Waals surface area contributed by atoms with Crippen molar-refractivity contribution in [1.82, 2.24) is 20.0 Å². The maximum atomic E-state index is 12.6. The minimum absolute atomic E-state index is 0.201. The number of amides is 1. The van der Waals surface area contributed by atoms with Crippen LogP contribution in [-0.4, -0.2) is 67.0 Å². The number of benzene rings is 2. The van der Waals surface area contributed by atoms with Gasteiger partial charge in [-0.2, -0.15) is 5.10 Å². The summed E-state index contributed by atoms with van der Waals surface area (Å²) in [7, 11) is 1.56. The maximum absolute atomic E-state index is 12.6. The van der Waals surface area contributed by atoms with Gasteiger partial charge in [0.25, 0.3) is 5.91 Å². The Morgan fingerprint density at radius 2 is 1.76 bits per heavy atom. The highest BCUT2D eigenvalue weighted by atomic mass is 16.5. The summed E-state index contributed by atoms with van der Waals surface area (Å²) in [5, 5.41) is 7.42. The Morgan fingerprint density at radius 3 is 2.48 bits per heavy atom. The SMILES string of the molecule is COc1cn(-c2ccccc2)nc1C(=O)NCCCCN1CCN(c2cccc(C)c2)CC1. The Balaban J connectivity index is 1.18. The largest absolute Gasteiger partial charge is 0.493 e. The van der Waals surface area contributed by atoms with Gasteiger partial charge in [0.15, 0.2) is 11.4 Å². The van der Waals surface area contributed by atoms with E-state index in [0.29, 0.717) is 18.0 Å². The topological polar surface area (TPSA) is 62.6 Å². The molecular formula is C26H33N5O2. The molecule has 4 rings (SSSR count). The molecule has 7 heteroatoms. The van der Waals surface area contributed by atoms with Crippen LogP contribution in [0.1, 0.15) is 28.9 Å². The zero-order chi connectivity index (χ0) is 23.0. The molecule has 1 aliphatic rings. The van der Waals surface area contributed by atoms with Gasteiger partial charge in [0.2, 0.25) is 0 Å². The molecule has 33 heavy (non-hydrogen) atoms. The number of anilines is 1. The third-order valence-corrected chi connectivity index (χ3v) is 6.06. The second-order valence-corrected chi connectivity index (χ2v) is 8.46. The Morgan fingerprint density at radius 1 is 1.00 bits per heavy atom. The Kier molecular flexibility index (Phi) is 7.62. The number of methoxy groups -OCH3 is 1. The molecule has 1 aliphatic heterocycles. The molecule has 1 N–H and O–H groups in total. The van der Waals surface area contributed by atoms with E-state index in [1.165, 1.54) is 11.3 Å². The third kappa shape index (κ3) is 5.93. The van der Waals surface area contributed by atoms with Crippen LogP contribution in [0.4, 0.5) is 5.69 Å². The van der Waals surface area contributed by atoms with Gasteiger partial charge in [-0.3, -0.25) is 9.69 Å². The predicted octanol–water partition coefficient (Wildman–Crippen LogP) is 3.52. The van der Waals surface area contributed by atoms with Crippen molar-refractivity contribution in [3.05, 3.63) is 72.1 Å². The number of nitrogens with one attached hydrogen (secondary N) is 1. The molecule has 2 aromatic carbocycles. The minimum atomic E-state index is -0.201. The van der Waals surface area contributed by atoms with Gasteiger partial charge in [0, 0.05) is 38.4 Å². The number of para-hydroxylation sites is 1. The van der Waals surface area contributed by atoms with E-state index in [2.05, 4.69) is 51.4 Å². The van der Waals surface area contributed by atoms with E-state index in [0.717, 1.165) is 51.3 Å². The molecule has 1 saturated heterocycles. The lowest BCUT2D eigenvalue weighted by molar-refractivity contribution is 0.0944. The van der Waals surface area contributed by atoms with E-state index in [4.69, 9.17) is 4.74 Å². The van der Waals surface area contributed by atoms with Crippen LogP contribution in [0.5, 0.6) is 5.75 Å².